The van der Waals surface area contributed by atoms with Gasteiger partial charge in [-0.3, -0.25) is 4.90 Å². The Morgan fingerprint density at radius 1 is 1.02 bits per heavy atom. The topological polar surface area (TPSA) is 126 Å². The summed E-state index contributed by atoms with van der Waals surface area (Å²) in [5, 5.41) is 17.0. The Hall–Kier alpha value is -4.73. The summed E-state index contributed by atoms with van der Waals surface area (Å²) in [5.74, 6) is 1.69. The SMILES string of the molecule is COc1cc(N2CCC(N3CCOCC3)CC2)ccc1Nc1ncc(-c2ccc(C#N)c(OCC(C)n3cncn3)c2)cn1. The lowest BCUT2D eigenvalue weighted by Gasteiger charge is -2.40. The lowest BCUT2D eigenvalue weighted by molar-refractivity contribution is 0.0115. The van der Waals surface area contributed by atoms with Gasteiger partial charge in [0, 0.05) is 61.9 Å². The number of nitrogens with zero attached hydrogens (tertiary/aromatic N) is 8. The fraction of sp³-hybridized carbons (Fsp3) is 0.406. The van der Waals surface area contributed by atoms with E-state index in [1.54, 1.807) is 36.6 Å². The zero-order valence-electron chi connectivity index (χ0n) is 25.1. The fourth-order valence-electron chi connectivity index (χ4n) is 5.72. The Balaban J connectivity index is 1.09. The molecular weight excluding hydrogens is 558 g/mol. The molecule has 0 amide bonds. The first-order valence-corrected chi connectivity index (χ1v) is 15.0. The van der Waals surface area contributed by atoms with E-state index in [0.717, 1.165) is 80.5 Å². The van der Waals surface area contributed by atoms with Gasteiger partial charge in [-0.05, 0) is 49.6 Å². The Labute approximate surface area is 257 Å². The third kappa shape index (κ3) is 6.74. The van der Waals surface area contributed by atoms with E-state index in [-0.39, 0.29) is 6.04 Å². The maximum Gasteiger partial charge on any atom is 0.227 e. The molecule has 2 aromatic heterocycles. The number of benzene rings is 2. The van der Waals surface area contributed by atoms with Crippen LogP contribution in [0.15, 0.2) is 61.4 Å². The van der Waals surface area contributed by atoms with Crippen molar-refractivity contribution in [1.29, 1.82) is 5.26 Å². The van der Waals surface area contributed by atoms with Crippen molar-refractivity contribution in [3.63, 3.8) is 0 Å². The lowest BCUT2D eigenvalue weighted by atomic mass is 10.0. The molecule has 44 heavy (non-hydrogen) atoms. The van der Waals surface area contributed by atoms with Crippen LogP contribution in [0, 0.1) is 11.3 Å². The van der Waals surface area contributed by atoms with Gasteiger partial charge in [0.05, 0.1) is 37.6 Å². The molecule has 12 nitrogen and oxygen atoms in total. The molecular formula is C32H37N9O3. The molecule has 0 spiro atoms. The van der Waals surface area contributed by atoms with Crippen molar-refractivity contribution in [3.05, 3.63) is 67.0 Å². The van der Waals surface area contributed by atoms with Crippen LogP contribution in [0.4, 0.5) is 17.3 Å². The highest BCUT2D eigenvalue weighted by Crippen LogP contribution is 2.33. The quantitative estimate of drug-likeness (QED) is 0.282. The average Bonchev–Trinajstić information content (AvgIpc) is 3.64. The van der Waals surface area contributed by atoms with Crippen molar-refractivity contribution >= 4 is 17.3 Å². The number of ether oxygens (including phenoxy) is 3. The summed E-state index contributed by atoms with van der Waals surface area (Å²) in [6, 6.07) is 14.5. The van der Waals surface area contributed by atoms with Crippen molar-refractivity contribution in [2.75, 3.05) is 63.3 Å². The van der Waals surface area contributed by atoms with Gasteiger partial charge in [0.2, 0.25) is 5.95 Å². The Bertz CT molecular complexity index is 1560. The molecule has 0 saturated carbocycles. The van der Waals surface area contributed by atoms with Crippen LogP contribution in [0.2, 0.25) is 0 Å². The van der Waals surface area contributed by atoms with Crippen LogP contribution in [-0.4, -0.2) is 88.8 Å². The highest BCUT2D eigenvalue weighted by Gasteiger charge is 2.26. The molecule has 1 atom stereocenters. The molecule has 1 unspecified atom stereocenters. The van der Waals surface area contributed by atoms with Crippen molar-refractivity contribution in [1.82, 2.24) is 29.6 Å². The summed E-state index contributed by atoms with van der Waals surface area (Å²) in [7, 11) is 1.68. The van der Waals surface area contributed by atoms with Gasteiger partial charge < -0.3 is 24.4 Å². The molecule has 0 aliphatic carbocycles. The van der Waals surface area contributed by atoms with Crippen molar-refractivity contribution in [2.45, 2.75) is 31.8 Å². The van der Waals surface area contributed by atoms with Crippen molar-refractivity contribution < 1.29 is 14.2 Å². The average molecular weight is 596 g/mol. The van der Waals surface area contributed by atoms with Crippen LogP contribution < -0.4 is 19.7 Å². The molecule has 6 rings (SSSR count). The zero-order chi connectivity index (χ0) is 30.3. The molecule has 0 radical (unpaired) electrons. The third-order valence-electron chi connectivity index (χ3n) is 8.28. The van der Waals surface area contributed by atoms with E-state index in [4.69, 9.17) is 14.2 Å². The number of anilines is 3. The van der Waals surface area contributed by atoms with Gasteiger partial charge in [-0.2, -0.15) is 10.4 Å². The van der Waals surface area contributed by atoms with Crippen LogP contribution in [0.25, 0.3) is 11.1 Å². The molecule has 228 valence electrons. The van der Waals surface area contributed by atoms with E-state index in [9.17, 15) is 5.26 Å². The largest absolute Gasteiger partial charge is 0.494 e. The number of aromatic nitrogens is 5. The first-order valence-electron chi connectivity index (χ1n) is 15.0. The minimum absolute atomic E-state index is 0.0417. The predicted molar refractivity (Wildman–Crippen MR) is 166 cm³/mol. The summed E-state index contributed by atoms with van der Waals surface area (Å²) < 4.78 is 19.0. The number of morpholine rings is 1. The normalized spacial score (nSPS) is 16.7. The zero-order valence-corrected chi connectivity index (χ0v) is 25.1. The Morgan fingerprint density at radius 3 is 2.52 bits per heavy atom. The molecule has 2 aliphatic rings. The van der Waals surface area contributed by atoms with Crippen LogP contribution in [0.5, 0.6) is 11.5 Å². The molecule has 4 aromatic rings. The Morgan fingerprint density at radius 2 is 1.82 bits per heavy atom. The number of hydrogen-bond acceptors (Lipinski definition) is 11. The maximum atomic E-state index is 9.59. The minimum atomic E-state index is -0.0417. The summed E-state index contributed by atoms with van der Waals surface area (Å²) in [6.45, 7) is 8.11. The standard InChI is InChI=1S/C32H37N9O3/c1-23(41-22-34-21-37-41)20-44-30-15-24(3-4-25(30)17-33)26-18-35-32(36-19-26)38-29-6-5-28(16-31(29)42-2)39-9-7-27(8-10-39)40-11-13-43-14-12-40/h3-6,15-16,18-19,21-23,27H,7-14,20H2,1-2H3,(H,35,36,38). The number of nitrogens with one attached hydrogen (secondary N) is 1. The molecule has 2 fully saturated rings. The van der Waals surface area contributed by atoms with Gasteiger partial charge in [-0.15, -0.1) is 0 Å². The van der Waals surface area contributed by atoms with Gasteiger partial charge in [0.15, 0.2) is 0 Å². The van der Waals surface area contributed by atoms with E-state index in [0.29, 0.717) is 29.9 Å². The second-order valence-electron chi connectivity index (χ2n) is 11.0. The maximum absolute atomic E-state index is 9.59. The summed E-state index contributed by atoms with van der Waals surface area (Å²) in [5.41, 5.74) is 4.05. The van der Waals surface area contributed by atoms with E-state index >= 15 is 0 Å². The van der Waals surface area contributed by atoms with Crippen LogP contribution in [0.1, 0.15) is 31.4 Å². The van der Waals surface area contributed by atoms with Gasteiger partial charge in [0.1, 0.15) is 36.8 Å². The van der Waals surface area contributed by atoms with Crippen molar-refractivity contribution in [3.8, 4) is 28.7 Å². The van der Waals surface area contributed by atoms with E-state index in [1.807, 2.05) is 25.1 Å². The summed E-state index contributed by atoms with van der Waals surface area (Å²) in [6.07, 6.45) is 8.92. The van der Waals surface area contributed by atoms with Gasteiger partial charge in [0.25, 0.3) is 0 Å². The second kappa shape index (κ2) is 13.7. The summed E-state index contributed by atoms with van der Waals surface area (Å²) in [4.78, 5) is 18.1. The van der Waals surface area contributed by atoms with Crippen LogP contribution in [0.3, 0.4) is 0 Å². The molecule has 2 aromatic carbocycles. The highest BCUT2D eigenvalue weighted by molar-refractivity contribution is 5.70. The summed E-state index contributed by atoms with van der Waals surface area (Å²) >= 11 is 0. The number of hydrogen-bond donors (Lipinski definition) is 1. The monoisotopic (exact) mass is 595 g/mol. The van der Waals surface area contributed by atoms with Gasteiger partial charge >= 0.3 is 0 Å². The van der Waals surface area contributed by atoms with E-state index in [1.165, 1.54) is 6.33 Å². The molecule has 2 aliphatic heterocycles. The van der Waals surface area contributed by atoms with Crippen LogP contribution >= 0.6 is 0 Å². The minimum Gasteiger partial charge on any atom is -0.494 e. The predicted octanol–water partition coefficient (Wildman–Crippen LogP) is 4.30. The third-order valence-corrected chi connectivity index (χ3v) is 8.28. The number of piperidine rings is 1. The smallest absolute Gasteiger partial charge is 0.227 e. The first kappa shape index (κ1) is 29.3. The fourth-order valence-corrected chi connectivity index (χ4v) is 5.72. The van der Waals surface area contributed by atoms with Crippen LogP contribution in [-0.2, 0) is 4.74 Å². The number of methoxy groups -OCH3 is 1. The molecule has 0 bridgehead atoms. The first-order chi connectivity index (χ1) is 21.6. The highest BCUT2D eigenvalue weighted by atomic mass is 16.5. The molecule has 1 N–H and O–H groups in total. The van der Waals surface area contributed by atoms with E-state index in [2.05, 4.69) is 53.4 Å². The Kier molecular flexibility index (Phi) is 9.14. The lowest BCUT2D eigenvalue weighted by Crippen LogP contribution is -2.49. The molecule has 4 heterocycles. The van der Waals surface area contributed by atoms with E-state index < -0.39 is 0 Å². The van der Waals surface area contributed by atoms with Gasteiger partial charge in [-0.25, -0.2) is 19.6 Å². The number of nitriles is 1. The molecule has 2 saturated heterocycles. The van der Waals surface area contributed by atoms with Gasteiger partial charge in [-0.1, -0.05) is 6.07 Å². The molecule has 12 heteroatoms. The second-order valence-corrected chi connectivity index (χ2v) is 11.0. The van der Waals surface area contributed by atoms with Crippen molar-refractivity contribution in [2.24, 2.45) is 0 Å². The number of rotatable bonds is 10.